The van der Waals surface area contributed by atoms with Crippen molar-refractivity contribution in [3.63, 3.8) is 0 Å². The predicted octanol–water partition coefficient (Wildman–Crippen LogP) is 2.09. The average molecular weight is 142 g/mol. The Morgan fingerprint density at radius 3 is 3.18 bits per heavy atom. The number of nitriles is 1. The van der Waals surface area contributed by atoms with E-state index in [4.69, 9.17) is 5.26 Å². The van der Waals surface area contributed by atoms with E-state index in [0.717, 1.165) is 12.0 Å². The molecule has 1 nitrogen and oxygen atoms in total. The second-order valence-electron chi connectivity index (χ2n) is 2.17. The zero-order valence-electron chi connectivity index (χ0n) is 6.17. The second kappa shape index (κ2) is 3.58. The Labute approximate surface area is 66.6 Å². The van der Waals surface area contributed by atoms with Crippen LogP contribution < -0.4 is 0 Å². The van der Waals surface area contributed by atoms with Crippen LogP contribution in [0.2, 0.25) is 0 Å². The minimum absolute atomic E-state index is 0.618. The summed E-state index contributed by atoms with van der Waals surface area (Å²) in [5.41, 5.74) is 1.61. The Hall–Kier alpha value is -1.55. The summed E-state index contributed by atoms with van der Waals surface area (Å²) in [6, 6.07) is 10.5. The lowest BCUT2D eigenvalue weighted by atomic mass is 10.1. The number of hydrogen-bond donors (Lipinski definition) is 0. The smallest absolute Gasteiger partial charge is 0.100 e. The first-order valence-corrected chi connectivity index (χ1v) is 3.39. The summed E-state index contributed by atoms with van der Waals surface area (Å²) in [5, 5.41) is 8.63. The minimum Gasteiger partial charge on any atom is -0.192 e. The van der Waals surface area contributed by atoms with Gasteiger partial charge in [-0.2, -0.15) is 5.26 Å². The molecule has 11 heavy (non-hydrogen) atoms. The number of nitrogens with zero attached hydrogens (tertiary/aromatic N) is 1. The summed E-state index contributed by atoms with van der Waals surface area (Å²) in [7, 11) is 0. The Morgan fingerprint density at radius 1 is 1.73 bits per heavy atom. The molecule has 1 heteroatoms. The SMILES string of the molecule is C=CCc1ccc[c]c1C#N. The molecule has 0 atom stereocenters. The van der Waals surface area contributed by atoms with Gasteiger partial charge in [0.1, 0.15) is 6.07 Å². The second-order valence-corrected chi connectivity index (χ2v) is 2.17. The molecule has 0 amide bonds. The third kappa shape index (κ3) is 1.68. The fourth-order valence-corrected chi connectivity index (χ4v) is 0.901. The van der Waals surface area contributed by atoms with Crippen molar-refractivity contribution < 1.29 is 0 Å². The highest BCUT2D eigenvalue weighted by Crippen LogP contribution is 2.06. The van der Waals surface area contributed by atoms with Gasteiger partial charge in [-0.05, 0) is 12.0 Å². The van der Waals surface area contributed by atoms with Crippen molar-refractivity contribution in [1.82, 2.24) is 0 Å². The van der Waals surface area contributed by atoms with Crippen LogP contribution in [-0.2, 0) is 6.42 Å². The van der Waals surface area contributed by atoms with Gasteiger partial charge in [0, 0.05) is 6.07 Å². The van der Waals surface area contributed by atoms with E-state index in [-0.39, 0.29) is 0 Å². The lowest BCUT2D eigenvalue weighted by Gasteiger charge is -1.96. The van der Waals surface area contributed by atoms with Gasteiger partial charge in [0.05, 0.1) is 5.56 Å². The van der Waals surface area contributed by atoms with Crippen LogP contribution in [0, 0.1) is 17.4 Å². The zero-order chi connectivity index (χ0) is 8.10. The highest BCUT2D eigenvalue weighted by atomic mass is 14.2. The first-order chi connectivity index (χ1) is 5.38. The van der Waals surface area contributed by atoms with Crippen LogP contribution >= 0.6 is 0 Å². The third-order valence-corrected chi connectivity index (χ3v) is 1.42. The number of allylic oxidation sites excluding steroid dienone is 1. The molecule has 0 unspecified atom stereocenters. The van der Waals surface area contributed by atoms with E-state index in [0.29, 0.717) is 5.56 Å². The van der Waals surface area contributed by atoms with Gasteiger partial charge in [0.2, 0.25) is 0 Å². The van der Waals surface area contributed by atoms with Crippen LogP contribution in [0.1, 0.15) is 11.1 Å². The zero-order valence-corrected chi connectivity index (χ0v) is 6.17. The normalized spacial score (nSPS) is 8.64. The van der Waals surface area contributed by atoms with Gasteiger partial charge in [-0.3, -0.25) is 0 Å². The van der Waals surface area contributed by atoms with Crippen molar-refractivity contribution in [2.24, 2.45) is 0 Å². The van der Waals surface area contributed by atoms with Gasteiger partial charge in [0.25, 0.3) is 0 Å². The van der Waals surface area contributed by atoms with Crippen molar-refractivity contribution in [1.29, 1.82) is 5.26 Å². The van der Waals surface area contributed by atoms with Gasteiger partial charge in [-0.1, -0.05) is 24.3 Å². The van der Waals surface area contributed by atoms with Crippen LogP contribution in [0.25, 0.3) is 0 Å². The molecule has 0 spiro atoms. The third-order valence-electron chi connectivity index (χ3n) is 1.42. The molecule has 1 rings (SSSR count). The predicted molar refractivity (Wildman–Crippen MR) is 43.9 cm³/mol. The van der Waals surface area contributed by atoms with E-state index in [1.807, 2.05) is 12.1 Å². The monoisotopic (exact) mass is 142 g/mol. The molecular weight excluding hydrogens is 134 g/mol. The summed E-state index contributed by atoms with van der Waals surface area (Å²) in [6.45, 7) is 3.61. The van der Waals surface area contributed by atoms with Crippen LogP contribution in [-0.4, -0.2) is 0 Å². The van der Waals surface area contributed by atoms with E-state index in [9.17, 15) is 0 Å². The molecular formula is C10H8N. The Balaban J connectivity index is 3.04. The van der Waals surface area contributed by atoms with Crippen molar-refractivity contribution in [2.75, 3.05) is 0 Å². The number of rotatable bonds is 2. The molecule has 0 aromatic heterocycles. The lowest BCUT2D eigenvalue weighted by molar-refractivity contribution is 1.25. The van der Waals surface area contributed by atoms with E-state index in [1.54, 1.807) is 12.1 Å². The highest BCUT2D eigenvalue weighted by Gasteiger charge is 1.96. The molecule has 0 bridgehead atoms. The van der Waals surface area contributed by atoms with Crippen molar-refractivity contribution in [3.05, 3.63) is 48.0 Å². The molecule has 0 aliphatic carbocycles. The summed E-state index contributed by atoms with van der Waals surface area (Å²) >= 11 is 0. The molecule has 1 aromatic carbocycles. The van der Waals surface area contributed by atoms with Gasteiger partial charge in [0.15, 0.2) is 0 Å². The Bertz CT molecular complexity index is 294. The fraction of sp³-hybridized carbons (Fsp3) is 0.100. The van der Waals surface area contributed by atoms with Gasteiger partial charge < -0.3 is 0 Å². The summed E-state index contributed by atoms with van der Waals surface area (Å²) < 4.78 is 0. The maximum absolute atomic E-state index is 8.63. The molecule has 0 saturated heterocycles. The Kier molecular flexibility index (Phi) is 2.46. The summed E-state index contributed by atoms with van der Waals surface area (Å²) in [5.74, 6) is 0. The molecule has 0 aliphatic rings. The number of hydrogen-bond acceptors (Lipinski definition) is 1. The maximum atomic E-state index is 8.63. The average Bonchev–Trinajstić information content (AvgIpc) is 2.06. The van der Waals surface area contributed by atoms with E-state index in [2.05, 4.69) is 18.7 Å². The van der Waals surface area contributed by atoms with Gasteiger partial charge >= 0.3 is 0 Å². The molecule has 1 aromatic rings. The van der Waals surface area contributed by atoms with Crippen molar-refractivity contribution >= 4 is 0 Å². The van der Waals surface area contributed by atoms with Crippen molar-refractivity contribution in [2.45, 2.75) is 6.42 Å². The van der Waals surface area contributed by atoms with E-state index >= 15 is 0 Å². The van der Waals surface area contributed by atoms with E-state index in [1.165, 1.54) is 0 Å². The molecule has 0 fully saturated rings. The topological polar surface area (TPSA) is 23.8 Å². The van der Waals surface area contributed by atoms with Gasteiger partial charge in [-0.25, -0.2) is 0 Å². The molecule has 1 radical (unpaired) electrons. The summed E-state index contributed by atoms with van der Waals surface area (Å²) in [4.78, 5) is 0. The lowest BCUT2D eigenvalue weighted by Crippen LogP contribution is -1.86. The first-order valence-electron chi connectivity index (χ1n) is 3.39. The minimum atomic E-state index is 0.618. The molecule has 53 valence electrons. The Morgan fingerprint density at radius 2 is 2.55 bits per heavy atom. The van der Waals surface area contributed by atoms with Crippen LogP contribution in [0.5, 0.6) is 0 Å². The largest absolute Gasteiger partial charge is 0.192 e. The number of benzene rings is 1. The molecule has 0 heterocycles. The van der Waals surface area contributed by atoms with Crippen molar-refractivity contribution in [3.8, 4) is 6.07 Å². The molecule has 0 aliphatic heterocycles. The maximum Gasteiger partial charge on any atom is 0.100 e. The van der Waals surface area contributed by atoms with Crippen LogP contribution in [0.3, 0.4) is 0 Å². The quantitative estimate of drug-likeness (QED) is 0.580. The summed E-state index contributed by atoms with van der Waals surface area (Å²) in [6.07, 6.45) is 2.52. The van der Waals surface area contributed by atoms with Gasteiger partial charge in [-0.15, -0.1) is 6.58 Å². The standard InChI is InChI=1S/C10H8N/c1-2-5-9-6-3-4-7-10(9)8-11/h2-4,6H,1,5H2. The van der Waals surface area contributed by atoms with Crippen LogP contribution in [0.4, 0.5) is 0 Å². The van der Waals surface area contributed by atoms with Crippen LogP contribution in [0.15, 0.2) is 30.9 Å². The highest BCUT2D eigenvalue weighted by molar-refractivity contribution is 5.37. The fourth-order valence-electron chi connectivity index (χ4n) is 0.901. The van der Waals surface area contributed by atoms with E-state index < -0.39 is 0 Å². The molecule has 0 saturated carbocycles. The molecule has 0 N–H and O–H groups in total. The first kappa shape index (κ1) is 7.56.